The van der Waals surface area contributed by atoms with Crippen LogP contribution in [0.2, 0.25) is 5.02 Å². The zero-order valence-electron chi connectivity index (χ0n) is 9.84. The van der Waals surface area contributed by atoms with E-state index in [1.807, 2.05) is 0 Å². The molecule has 2 rings (SSSR count). The van der Waals surface area contributed by atoms with Gasteiger partial charge in [0.2, 0.25) is 10.0 Å². The van der Waals surface area contributed by atoms with Crippen LogP contribution in [0.5, 0.6) is 0 Å². The number of benzene rings is 1. The Morgan fingerprint density at radius 2 is 2.16 bits per heavy atom. The van der Waals surface area contributed by atoms with Crippen molar-refractivity contribution in [1.82, 2.24) is 0 Å². The van der Waals surface area contributed by atoms with Crippen molar-refractivity contribution in [3.05, 3.63) is 28.8 Å². The molecular weight excluding hydrogens is 294 g/mol. The number of halogens is 1. The van der Waals surface area contributed by atoms with Crippen LogP contribution in [0.4, 0.5) is 0 Å². The van der Waals surface area contributed by atoms with Crippen LogP contribution in [0.25, 0.3) is 0 Å². The summed E-state index contributed by atoms with van der Waals surface area (Å²) in [6.07, 6.45) is 0.304. The van der Waals surface area contributed by atoms with Crippen LogP contribution in [0.3, 0.4) is 0 Å². The normalized spacial score (nSPS) is 19.4. The second-order valence-electron chi connectivity index (χ2n) is 4.11. The van der Waals surface area contributed by atoms with Crippen LogP contribution >= 0.6 is 11.6 Å². The molecule has 1 aromatic carbocycles. The summed E-state index contributed by atoms with van der Waals surface area (Å²) < 4.78 is 32.7. The number of hydrogen-bond acceptors (Lipinski definition) is 5. The minimum Gasteiger partial charge on any atom is -0.456 e. The molecule has 0 amide bonds. The SMILES string of the molecule is NS(=O)(=O)c1cc(Cl)cc(C(=O)OC2CCOC2)c1. The van der Waals surface area contributed by atoms with Gasteiger partial charge in [0.05, 0.1) is 23.7 Å². The molecule has 0 aromatic heterocycles. The van der Waals surface area contributed by atoms with E-state index < -0.39 is 16.0 Å². The van der Waals surface area contributed by atoms with Crippen molar-refractivity contribution >= 4 is 27.6 Å². The van der Waals surface area contributed by atoms with Crippen LogP contribution in [-0.2, 0) is 19.5 Å². The first kappa shape index (κ1) is 14.3. The van der Waals surface area contributed by atoms with Crippen molar-refractivity contribution in [3.63, 3.8) is 0 Å². The largest absolute Gasteiger partial charge is 0.456 e. The third-order valence-corrected chi connectivity index (χ3v) is 3.71. The Morgan fingerprint density at radius 3 is 2.74 bits per heavy atom. The van der Waals surface area contributed by atoms with Crippen LogP contribution in [0, 0.1) is 0 Å². The van der Waals surface area contributed by atoms with Gasteiger partial charge in [-0.15, -0.1) is 0 Å². The van der Waals surface area contributed by atoms with E-state index in [9.17, 15) is 13.2 Å². The number of ether oxygens (including phenoxy) is 2. The van der Waals surface area contributed by atoms with E-state index in [0.717, 1.165) is 6.07 Å². The van der Waals surface area contributed by atoms with Crippen molar-refractivity contribution < 1.29 is 22.7 Å². The zero-order valence-corrected chi connectivity index (χ0v) is 11.4. The molecule has 8 heteroatoms. The number of hydrogen-bond donors (Lipinski definition) is 1. The van der Waals surface area contributed by atoms with E-state index in [4.69, 9.17) is 26.2 Å². The number of sulfonamides is 1. The monoisotopic (exact) mass is 305 g/mol. The summed E-state index contributed by atoms with van der Waals surface area (Å²) in [4.78, 5) is 11.6. The fourth-order valence-corrected chi connectivity index (χ4v) is 2.55. The van der Waals surface area contributed by atoms with E-state index in [-0.39, 0.29) is 21.6 Å². The molecule has 1 aliphatic heterocycles. The van der Waals surface area contributed by atoms with Crippen LogP contribution in [0.1, 0.15) is 16.8 Å². The third kappa shape index (κ3) is 3.66. The highest BCUT2D eigenvalue weighted by Gasteiger charge is 2.22. The van der Waals surface area contributed by atoms with E-state index in [1.54, 1.807) is 0 Å². The first-order chi connectivity index (χ1) is 8.86. The highest BCUT2D eigenvalue weighted by molar-refractivity contribution is 7.89. The lowest BCUT2D eigenvalue weighted by Crippen LogP contribution is -2.19. The Labute approximate surface area is 115 Å². The maximum Gasteiger partial charge on any atom is 0.338 e. The lowest BCUT2D eigenvalue weighted by atomic mass is 10.2. The maximum absolute atomic E-state index is 11.9. The molecule has 1 aromatic rings. The Kier molecular flexibility index (Phi) is 4.10. The quantitative estimate of drug-likeness (QED) is 0.838. The Hall–Kier alpha value is -1.15. The van der Waals surface area contributed by atoms with Gasteiger partial charge in [0, 0.05) is 11.4 Å². The number of esters is 1. The topological polar surface area (TPSA) is 95.7 Å². The lowest BCUT2D eigenvalue weighted by Gasteiger charge is -2.10. The average molecular weight is 306 g/mol. The molecule has 1 fully saturated rings. The molecule has 0 spiro atoms. The average Bonchev–Trinajstić information content (AvgIpc) is 2.79. The maximum atomic E-state index is 11.9. The molecule has 1 unspecified atom stereocenters. The third-order valence-electron chi connectivity index (χ3n) is 2.60. The van der Waals surface area contributed by atoms with Crippen LogP contribution < -0.4 is 5.14 Å². The van der Waals surface area contributed by atoms with E-state index in [1.165, 1.54) is 12.1 Å². The first-order valence-electron chi connectivity index (χ1n) is 5.48. The smallest absolute Gasteiger partial charge is 0.338 e. The molecule has 1 atom stereocenters. The standard InChI is InChI=1S/C11H12ClNO5S/c12-8-3-7(4-10(5-8)19(13,15)16)11(14)18-9-1-2-17-6-9/h3-5,9H,1-2,6H2,(H2,13,15,16). The Balaban J connectivity index is 2.24. The first-order valence-corrected chi connectivity index (χ1v) is 7.41. The number of nitrogens with two attached hydrogens (primary N) is 1. The number of carbonyl (C=O) groups is 1. The lowest BCUT2D eigenvalue weighted by molar-refractivity contribution is 0.0270. The van der Waals surface area contributed by atoms with Gasteiger partial charge in [-0.25, -0.2) is 18.4 Å². The highest BCUT2D eigenvalue weighted by Crippen LogP contribution is 2.20. The summed E-state index contributed by atoms with van der Waals surface area (Å²) in [7, 11) is -3.93. The molecular formula is C11H12ClNO5S. The van der Waals surface area contributed by atoms with Crippen molar-refractivity contribution in [3.8, 4) is 0 Å². The summed E-state index contributed by atoms with van der Waals surface area (Å²) in [5.41, 5.74) is 0.0448. The van der Waals surface area contributed by atoms with Gasteiger partial charge in [0.25, 0.3) is 0 Å². The molecule has 2 N–H and O–H groups in total. The molecule has 0 radical (unpaired) electrons. The molecule has 0 aliphatic carbocycles. The van der Waals surface area contributed by atoms with Gasteiger partial charge in [-0.2, -0.15) is 0 Å². The molecule has 1 heterocycles. The van der Waals surface area contributed by atoms with E-state index in [0.29, 0.717) is 19.6 Å². The molecule has 6 nitrogen and oxygen atoms in total. The van der Waals surface area contributed by atoms with Crippen LogP contribution in [0.15, 0.2) is 23.1 Å². The number of primary sulfonamides is 1. The van der Waals surface area contributed by atoms with Crippen molar-refractivity contribution in [1.29, 1.82) is 0 Å². The fourth-order valence-electron chi connectivity index (χ4n) is 1.67. The van der Waals surface area contributed by atoms with Crippen molar-refractivity contribution in [2.75, 3.05) is 13.2 Å². The minimum absolute atomic E-state index is 0.0448. The second kappa shape index (κ2) is 5.46. The molecule has 0 saturated carbocycles. The second-order valence-corrected chi connectivity index (χ2v) is 6.11. The summed E-state index contributed by atoms with van der Waals surface area (Å²) in [6.45, 7) is 0.879. The summed E-state index contributed by atoms with van der Waals surface area (Å²) in [6, 6.07) is 3.64. The summed E-state index contributed by atoms with van der Waals surface area (Å²) in [5.74, 6) is -0.650. The van der Waals surface area contributed by atoms with Gasteiger partial charge in [0.1, 0.15) is 6.10 Å². The summed E-state index contributed by atoms with van der Waals surface area (Å²) in [5, 5.41) is 5.10. The molecule has 0 bridgehead atoms. The predicted molar refractivity (Wildman–Crippen MR) is 67.5 cm³/mol. The van der Waals surface area contributed by atoms with E-state index >= 15 is 0 Å². The van der Waals surface area contributed by atoms with Gasteiger partial charge in [0.15, 0.2) is 0 Å². The van der Waals surface area contributed by atoms with Gasteiger partial charge in [-0.05, 0) is 18.2 Å². The van der Waals surface area contributed by atoms with Gasteiger partial charge >= 0.3 is 5.97 Å². The molecule has 1 aliphatic rings. The predicted octanol–water partition coefficient (Wildman–Crippen LogP) is 0.933. The molecule has 1 saturated heterocycles. The fraction of sp³-hybridized carbons (Fsp3) is 0.364. The van der Waals surface area contributed by atoms with Crippen LogP contribution in [-0.4, -0.2) is 33.7 Å². The highest BCUT2D eigenvalue weighted by atomic mass is 35.5. The van der Waals surface area contributed by atoms with Crippen molar-refractivity contribution in [2.24, 2.45) is 5.14 Å². The zero-order chi connectivity index (χ0) is 14.0. The molecule has 19 heavy (non-hydrogen) atoms. The number of rotatable bonds is 3. The Morgan fingerprint density at radius 1 is 1.42 bits per heavy atom. The molecule has 104 valence electrons. The minimum atomic E-state index is -3.93. The summed E-state index contributed by atoms with van der Waals surface area (Å²) >= 11 is 5.76. The van der Waals surface area contributed by atoms with Gasteiger partial charge in [-0.1, -0.05) is 11.6 Å². The number of carbonyl (C=O) groups excluding carboxylic acids is 1. The Bertz CT molecular complexity index is 595. The van der Waals surface area contributed by atoms with Crippen molar-refractivity contribution in [2.45, 2.75) is 17.4 Å². The van der Waals surface area contributed by atoms with Gasteiger partial charge < -0.3 is 9.47 Å². The van der Waals surface area contributed by atoms with Gasteiger partial charge in [-0.3, -0.25) is 0 Å². The van der Waals surface area contributed by atoms with E-state index in [2.05, 4.69) is 0 Å².